The van der Waals surface area contributed by atoms with E-state index in [-0.39, 0.29) is 5.82 Å². The lowest BCUT2D eigenvalue weighted by Gasteiger charge is -2.13. The highest BCUT2D eigenvalue weighted by atomic mass is 19.1. The molecule has 1 heterocycles. The molecule has 0 saturated heterocycles. The van der Waals surface area contributed by atoms with Gasteiger partial charge in [-0.25, -0.2) is 14.4 Å². The molecule has 2 N–H and O–H groups in total. The van der Waals surface area contributed by atoms with Gasteiger partial charge in [-0.2, -0.15) is 0 Å². The number of nitrogens with one attached hydrogen (secondary N) is 2. The van der Waals surface area contributed by atoms with E-state index >= 15 is 0 Å². The molecule has 0 unspecified atom stereocenters. The van der Waals surface area contributed by atoms with E-state index in [4.69, 9.17) is 0 Å². The Morgan fingerprint density at radius 2 is 2.08 bits per heavy atom. The predicted molar refractivity (Wildman–Crippen MR) is 95.1 cm³/mol. The van der Waals surface area contributed by atoms with Crippen molar-refractivity contribution in [3.8, 4) is 0 Å². The second kappa shape index (κ2) is 9.05. The molecule has 1 aromatic carbocycles. The maximum atomic E-state index is 13.7. The van der Waals surface area contributed by atoms with Crippen LogP contribution in [0.1, 0.15) is 32.2 Å². The molecule has 130 valence electrons. The highest BCUT2D eigenvalue weighted by Crippen LogP contribution is 2.07. The largest absolute Gasteiger partial charge is 0.357 e. The zero-order chi connectivity index (χ0) is 17.4. The molecule has 0 fully saturated rings. The van der Waals surface area contributed by atoms with E-state index in [0.717, 1.165) is 18.9 Å². The number of aliphatic imine (C=N–C) groups is 1. The zero-order valence-corrected chi connectivity index (χ0v) is 14.6. The monoisotopic (exact) mass is 331 g/mol. The van der Waals surface area contributed by atoms with Gasteiger partial charge in [-0.05, 0) is 18.9 Å². The number of benzene rings is 1. The second-order valence-corrected chi connectivity index (χ2v) is 6.03. The molecule has 0 aliphatic rings. The van der Waals surface area contributed by atoms with Gasteiger partial charge in [-0.1, -0.05) is 32.0 Å². The van der Waals surface area contributed by atoms with Crippen molar-refractivity contribution in [3.63, 3.8) is 0 Å². The summed E-state index contributed by atoms with van der Waals surface area (Å²) in [6.45, 7) is 8.89. The fraction of sp³-hybridized carbons (Fsp3) is 0.444. The van der Waals surface area contributed by atoms with Crippen LogP contribution in [0.4, 0.5) is 4.39 Å². The van der Waals surface area contributed by atoms with Gasteiger partial charge < -0.3 is 15.2 Å². The maximum Gasteiger partial charge on any atom is 0.191 e. The minimum absolute atomic E-state index is 0.232. The quantitative estimate of drug-likeness (QED) is 0.606. The van der Waals surface area contributed by atoms with Crippen LogP contribution in [0, 0.1) is 11.7 Å². The Morgan fingerprint density at radius 1 is 1.29 bits per heavy atom. The average molecular weight is 331 g/mol. The van der Waals surface area contributed by atoms with Crippen LogP contribution < -0.4 is 10.6 Å². The van der Waals surface area contributed by atoms with Crippen molar-refractivity contribution < 1.29 is 4.39 Å². The maximum absolute atomic E-state index is 13.7. The Hall–Kier alpha value is -2.37. The van der Waals surface area contributed by atoms with Crippen molar-refractivity contribution in [1.82, 2.24) is 20.2 Å². The third-order valence-electron chi connectivity index (χ3n) is 3.49. The smallest absolute Gasteiger partial charge is 0.191 e. The van der Waals surface area contributed by atoms with Crippen molar-refractivity contribution in [2.24, 2.45) is 10.9 Å². The minimum Gasteiger partial charge on any atom is -0.357 e. The van der Waals surface area contributed by atoms with E-state index in [9.17, 15) is 4.39 Å². The average Bonchev–Trinajstić information content (AvgIpc) is 2.98. The van der Waals surface area contributed by atoms with E-state index in [2.05, 4.69) is 39.0 Å². The number of guanidine groups is 1. The molecule has 1 aromatic heterocycles. The van der Waals surface area contributed by atoms with Gasteiger partial charge >= 0.3 is 0 Å². The Bertz CT molecular complexity index is 663. The van der Waals surface area contributed by atoms with Gasteiger partial charge in [0.15, 0.2) is 5.96 Å². The molecule has 2 rings (SSSR count). The molecule has 0 bridgehead atoms. The summed E-state index contributed by atoms with van der Waals surface area (Å²) in [7, 11) is 0. The minimum atomic E-state index is -0.232. The van der Waals surface area contributed by atoms with Crippen LogP contribution in [-0.2, 0) is 19.6 Å². The number of hydrogen-bond acceptors (Lipinski definition) is 2. The zero-order valence-electron chi connectivity index (χ0n) is 14.6. The molecule has 0 saturated carbocycles. The van der Waals surface area contributed by atoms with Crippen molar-refractivity contribution >= 4 is 5.96 Å². The third kappa shape index (κ3) is 5.37. The molecule has 6 heteroatoms. The molecule has 0 radical (unpaired) electrons. The fourth-order valence-corrected chi connectivity index (χ4v) is 2.36. The lowest BCUT2D eigenvalue weighted by Crippen LogP contribution is -2.37. The van der Waals surface area contributed by atoms with Crippen LogP contribution in [0.3, 0.4) is 0 Å². The van der Waals surface area contributed by atoms with Crippen LogP contribution in [0.5, 0.6) is 0 Å². The number of halogens is 1. The Kier molecular flexibility index (Phi) is 6.78. The first kappa shape index (κ1) is 18.0. The first-order chi connectivity index (χ1) is 11.6. The second-order valence-electron chi connectivity index (χ2n) is 6.03. The molecule has 0 spiro atoms. The van der Waals surface area contributed by atoms with Gasteiger partial charge in [-0.15, -0.1) is 0 Å². The van der Waals surface area contributed by atoms with Crippen LogP contribution >= 0.6 is 0 Å². The van der Waals surface area contributed by atoms with E-state index in [1.807, 2.05) is 25.4 Å². The van der Waals surface area contributed by atoms with Gasteiger partial charge in [0, 0.05) is 31.0 Å². The number of rotatable bonds is 7. The van der Waals surface area contributed by atoms with Gasteiger partial charge in [0.05, 0.1) is 13.1 Å². The first-order valence-electron chi connectivity index (χ1n) is 8.35. The summed E-state index contributed by atoms with van der Waals surface area (Å²) < 4.78 is 15.8. The molecule has 5 nitrogen and oxygen atoms in total. The SMILES string of the molecule is CCNC(=NCc1ccccc1F)NCc1nccn1CC(C)C. The van der Waals surface area contributed by atoms with Gasteiger partial charge in [0.2, 0.25) is 0 Å². The Balaban J connectivity index is 2.00. The van der Waals surface area contributed by atoms with E-state index in [1.165, 1.54) is 6.07 Å². The normalized spacial score (nSPS) is 11.8. The highest BCUT2D eigenvalue weighted by molar-refractivity contribution is 5.79. The number of imidazole rings is 1. The van der Waals surface area contributed by atoms with Crippen molar-refractivity contribution in [2.45, 2.75) is 40.4 Å². The van der Waals surface area contributed by atoms with Gasteiger partial charge in [0.25, 0.3) is 0 Å². The summed E-state index contributed by atoms with van der Waals surface area (Å²) in [4.78, 5) is 8.84. The summed E-state index contributed by atoms with van der Waals surface area (Å²) in [5, 5.41) is 6.43. The topological polar surface area (TPSA) is 54.2 Å². The molecule has 0 amide bonds. The van der Waals surface area contributed by atoms with Crippen LogP contribution in [-0.4, -0.2) is 22.1 Å². The van der Waals surface area contributed by atoms with Crippen LogP contribution in [0.25, 0.3) is 0 Å². The lowest BCUT2D eigenvalue weighted by atomic mass is 10.2. The molecular weight excluding hydrogens is 305 g/mol. The standard InChI is InChI=1S/C18H26FN5/c1-4-20-18(22-11-15-7-5-6-8-16(15)19)23-12-17-21-9-10-24(17)13-14(2)3/h5-10,14H,4,11-13H2,1-3H3,(H2,20,22,23). The molecule has 0 aliphatic heterocycles. The third-order valence-corrected chi connectivity index (χ3v) is 3.49. The van der Waals surface area contributed by atoms with Crippen molar-refractivity contribution in [2.75, 3.05) is 6.54 Å². The summed E-state index contributed by atoms with van der Waals surface area (Å²) in [5.41, 5.74) is 0.580. The summed E-state index contributed by atoms with van der Waals surface area (Å²) in [5.74, 6) is 1.94. The molecular formula is C18H26FN5. The number of nitrogens with zero attached hydrogens (tertiary/aromatic N) is 3. The molecule has 24 heavy (non-hydrogen) atoms. The number of hydrogen-bond donors (Lipinski definition) is 2. The number of aromatic nitrogens is 2. The van der Waals surface area contributed by atoms with E-state index in [1.54, 1.807) is 12.1 Å². The Morgan fingerprint density at radius 3 is 2.79 bits per heavy atom. The molecule has 2 aromatic rings. The fourth-order valence-electron chi connectivity index (χ4n) is 2.36. The van der Waals surface area contributed by atoms with E-state index in [0.29, 0.717) is 30.5 Å². The summed E-state index contributed by atoms with van der Waals surface area (Å²) in [6.07, 6.45) is 3.79. The molecule has 0 atom stereocenters. The summed E-state index contributed by atoms with van der Waals surface area (Å²) >= 11 is 0. The van der Waals surface area contributed by atoms with E-state index < -0.39 is 0 Å². The Labute approximate surface area is 143 Å². The predicted octanol–water partition coefficient (Wildman–Crippen LogP) is 2.93. The molecule has 0 aliphatic carbocycles. The lowest BCUT2D eigenvalue weighted by molar-refractivity contribution is 0.503. The van der Waals surface area contributed by atoms with Crippen LogP contribution in [0.2, 0.25) is 0 Å². The summed E-state index contributed by atoms with van der Waals surface area (Å²) in [6, 6.07) is 6.70. The first-order valence-corrected chi connectivity index (χ1v) is 8.35. The van der Waals surface area contributed by atoms with Crippen LogP contribution in [0.15, 0.2) is 41.7 Å². The van der Waals surface area contributed by atoms with Gasteiger partial charge in [0.1, 0.15) is 11.6 Å². The van der Waals surface area contributed by atoms with Crippen molar-refractivity contribution in [1.29, 1.82) is 0 Å². The van der Waals surface area contributed by atoms with Crippen molar-refractivity contribution in [3.05, 3.63) is 53.9 Å². The van der Waals surface area contributed by atoms with Gasteiger partial charge in [-0.3, -0.25) is 0 Å². The highest BCUT2D eigenvalue weighted by Gasteiger charge is 2.06.